The van der Waals surface area contributed by atoms with E-state index < -0.39 is 0 Å². The molecule has 1 atom stereocenters. The second-order valence-electron chi connectivity index (χ2n) is 7.44. The Kier molecular flexibility index (Phi) is 7.10. The van der Waals surface area contributed by atoms with Gasteiger partial charge in [0.1, 0.15) is 6.10 Å². The highest BCUT2D eigenvalue weighted by atomic mass is 16.5. The SMILES string of the molecule is COCC[C@@H]1CCCCN1C(=O)Nc1ccc(C(=O)OC2CCCC2)cc1. The number of esters is 1. The topological polar surface area (TPSA) is 67.9 Å². The van der Waals surface area contributed by atoms with Gasteiger partial charge in [-0.05, 0) is 75.6 Å². The van der Waals surface area contributed by atoms with Crippen molar-refractivity contribution in [1.82, 2.24) is 4.90 Å². The molecule has 1 heterocycles. The van der Waals surface area contributed by atoms with Gasteiger partial charge in [-0.1, -0.05) is 0 Å². The van der Waals surface area contributed by atoms with Crippen LogP contribution in [0, 0.1) is 0 Å². The number of hydrogen-bond donors (Lipinski definition) is 1. The monoisotopic (exact) mass is 374 g/mol. The zero-order valence-electron chi connectivity index (χ0n) is 16.1. The maximum Gasteiger partial charge on any atom is 0.338 e. The van der Waals surface area contributed by atoms with Gasteiger partial charge in [0.25, 0.3) is 0 Å². The van der Waals surface area contributed by atoms with E-state index in [1.807, 2.05) is 4.90 Å². The summed E-state index contributed by atoms with van der Waals surface area (Å²) >= 11 is 0. The van der Waals surface area contributed by atoms with Crippen LogP contribution in [0.25, 0.3) is 0 Å². The lowest BCUT2D eigenvalue weighted by Gasteiger charge is -2.35. The van der Waals surface area contributed by atoms with Gasteiger partial charge in [-0.3, -0.25) is 0 Å². The largest absolute Gasteiger partial charge is 0.459 e. The molecule has 1 aromatic rings. The number of carbonyl (C=O) groups is 2. The third kappa shape index (κ3) is 5.45. The number of carbonyl (C=O) groups excluding carboxylic acids is 2. The van der Waals surface area contributed by atoms with Crippen molar-refractivity contribution in [1.29, 1.82) is 0 Å². The first-order valence-corrected chi connectivity index (χ1v) is 10.0. The summed E-state index contributed by atoms with van der Waals surface area (Å²) in [5.41, 5.74) is 1.21. The quantitative estimate of drug-likeness (QED) is 0.758. The zero-order valence-corrected chi connectivity index (χ0v) is 16.1. The van der Waals surface area contributed by atoms with Crippen LogP contribution in [0.5, 0.6) is 0 Å². The van der Waals surface area contributed by atoms with Crippen LogP contribution >= 0.6 is 0 Å². The summed E-state index contributed by atoms with van der Waals surface area (Å²) in [7, 11) is 1.69. The molecule has 3 rings (SSSR count). The van der Waals surface area contributed by atoms with E-state index in [9.17, 15) is 9.59 Å². The standard InChI is InChI=1S/C21H30N2O4/c1-26-15-13-18-6-4-5-14-23(18)21(25)22-17-11-9-16(10-12-17)20(24)27-19-7-2-3-8-19/h9-12,18-19H,2-8,13-15H2,1H3,(H,22,25)/t18-/m0/s1. The second kappa shape index (κ2) is 9.74. The number of urea groups is 1. The van der Waals surface area contributed by atoms with Crippen LogP contribution < -0.4 is 5.32 Å². The predicted octanol–water partition coefficient (Wildman–Crippen LogP) is 4.21. The van der Waals surface area contributed by atoms with E-state index in [0.29, 0.717) is 17.9 Å². The van der Waals surface area contributed by atoms with Crippen molar-refractivity contribution in [2.45, 2.75) is 63.5 Å². The van der Waals surface area contributed by atoms with Gasteiger partial charge >= 0.3 is 12.0 Å². The molecule has 0 spiro atoms. The van der Waals surface area contributed by atoms with Crippen molar-refractivity contribution in [3.63, 3.8) is 0 Å². The molecule has 0 radical (unpaired) electrons. The minimum Gasteiger partial charge on any atom is -0.459 e. The molecule has 0 bridgehead atoms. The molecule has 1 aliphatic carbocycles. The molecule has 0 aromatic heterocycles. The number of piperidine rings is 1. The Bertz CT molecular complexity index is 626. The van der Waals surface area contributed by atoms with E-state index >= 15 is 0 Å². The van der Waals surface area contributed by atoms with Gasteiger partial charge in [0.05, 0.1) is 5.56 Å². The average molecular weight is 374 g/mol. The molecule has 1 saturated carbocycles. The fourth-order valence-corrected chi connectivity index (χ4v) is 3.93. The summed E-state index contributed by atoms with van der Waals surface area (Å²) in [5, 5.41) is 2.95. The molecule has 148 valence electrons. The number of likely N-dealkylation sites (tertiary alicyclic amines) is 1. The van der Waals surface area contributed by atoms with Crippen molar-refractivity contribution in [2.24, 2.45) is 0 Å². The van der Waals surface area contributed by atoms with Gasteiger partial charge in [0.15, 0.2) is 0 Å². The number of rotatable bonds is 6. The molecule has 2 amide bonds. The fourth-order valence-electron chi connectivity index (χ4n) is 3.93. The molecule has 2 fully saturated rings. The first kappa shape index (κ1) is 19.7. The van der Waals surface area contributed by atoms with Crippen molar-refractivity contribution >= 4 is 17.7 Å². The summed E-state index contributed by atoms with van der Waals surface area (Å²) in [5.74, 6) is -0.282. The number of methoxy groups -OCH3 is 1. The van der Waals surface area contributed by atoms with Gasteiger partial charge < -0.3 is 19.7 Å². The first-order valence-electron chi connectivity index (χ1n) is 10.0. The van der Waals surface area contributed by atoms with Gasteiger partial charge in [0.2, 0.25) is 0 Å². The molecule has 6 heteroatoms. The van der Waals surface area contributed by atoms with Gasteiger partial charge in [-0.25, -0.2) is 9.59 Å². The Labute approximate surface area is 161 Å². The Morgan fingerprint density at radius 1 is 1.07 bits per heavy atom. The van der Waals surface area contributed by atoms with E-state index in [-0.39, 0.29) is 24.1 Å². The van der Waals surface area contributed by atoms with E-state index in [0.717, 1.165) is 57.9 Å². The van der Waals surface area contributed by atoms with Crippen LogP contribution in [-0.4, -0.2) is 49.3 Å². The number of ether oxygens (including phenoxy) is 2. The van der Waals surface area contributed by atoms with Gasteiger partial charge in [-0.15, -0.1) is 0 Å². The predicted molar refractivity (Wildman–Crippen MR) is 104 cm³/mol. The first-order chi connectivity index (χ1) is 13.2. The van der Waals surface area contributed by atoms with Gasteiger partial charge in [-0.2, -0.15) is 0 Å². The summed E-state index contributed by atoms with van der Waals surface area (Å²) in [6.45, 7) is 1.43. The number of hydrogen-bond acceptors (Lipinski definition) is 4. The fraction of sp³-hybridized carbons (Fsp3) is 0.619. The minimum atomic E-state index is -0.282. The molecule has 1 aromatic carbocycles. The van der Waals surface area contributed by atoms with Crippen LogP contribution in [0.4, 0.5) is 10.5 Å². The molecule has 1 saturated heterocycles. The third-order valence-electron chi connectivity index (χ3n) is 5.49. The Morgan fingerprint density at radius 2 is 1.78 bits per heavy atom. The zero-order chi connectivity index (χ0) is 19.1. The highest BCUT2D eigenvalue weighted by Crippen LogP contribution is 2.23. The Hall–Kier alpha value is -2.08. The molecular weight excluding hydrogens is 344 g/mol. The van der Waals surface area contributed by atoms with E-state index in [1.54, 1.807) is 31.4 Å². The van der Waals surface area contributed by atoms with E-state index in [1.165, 1.54) is 0 Å². The van der Waals surface area contributed by atoms with Crippen LogP contribution in [-0.2, 0) is 9.47 Å². The highest BCUT2D eigenvalue weighted by molar-refractivity contribution is 5.92. The normalized spacial score (nSPS) is 20.5. The summed E-state index contributed by atoms with van der Waals surface area (Å²) in [4.78, 5) is 26.8. The van der Waals surface area contributed by atoms with Crippen molar-refractivity contribution < 1.29 is 19.1 Å². The maximum atomic E-state index is 12.7. The Morgan fingerprint density at radius 3 is 2.48 bits per heavy atom. The van der Waals surface area contributed by atoms with E-state index in [4.69, 9.17) is 9.47 Å². The number of nitrogens with zero attached hydrogens (tertiary/aromatic N) is 1. The number of amides is 2. The lowest BCUT2D eigenvalue weighted by atomic mass is 10.00. The number of benzene rings is 1. The van der Waals surface area contributed by atoms with Crippen LogP contribution in [0.15, 0.2) is 24.3 Å². The van der Waals surface area contributed by atoms with Crippen molar-refractivity contribution in [3.05, 3.63) is 29.8 Å². The molecule has 6 nitrogen and oxygen atoms in total. The summed E-state index contributed by atoms with van der Waals surface area (Å²) < 4.78 is 10.7. The van der Waals surface area contributed by atoms with Gasteiger partial charge in [0, 0.05) is 32.0 Å². The summed E-state index contributed by atoms with van der Waals surface area (Å²) in [6, 6.07) is 7.09. The van der Waals surface area contributed by atoms with E-state index in [2.05, 4.69) is 5.32 Å². The number of nitrogens with one attached hydrogen (secondary N) is 1. The van der Waals surface area contributed by atoms with Crippen molar-refractivity contribution in [3.8, 4) is 0 Å². The second-order valence-corrected chi connectivity index (χ2v) is 7.44. The molecule has 0 unspecified atom stereocenters. The molecular formula is C21H30N2O4. The average Bonchev–Trinajstić information content (AvgIpc) is 3.20. The highest BCUT2D eigenvalue weighted by Gasteiger charge is 2.26. The van der Waals surface area contributed by atoms with Crippen LogP contribution in [0.3, 0.4) is 0 Å². The third-order valence-corrected chi connectivity index (χ3v) is 5.49. The molecule has 1 N–H and O–H groups in total. The van der Waals surface area contributed by atoms with Crippen LogP contribution in [0.1, 0.15) is 61.7 Å². The minimum absolute atomic E-state index is 0.0556. The van der Waals surface area contributed by atoms with Crippen LogP contribution in [0.2, 0.25) is 0 Å². The maximum absolute atomic E-state index is 12.7. The summed E-state index contributed by atoms with van der Waals surface area (Å²) in [6.07, 6.45) is 8.28. The number of anilines is 1. The molecule has 2 aliphatic rings. The lowest BCUT2D eigenvalue weighted by Crippen LogP contribution is -2.46. The molecule has 27 heavy (non-hydrogen) atoms. The lowest BCUT2D eigenvalue weighted by molar-refractivity contribution is 0.0318. The molecule has 1 aliphatic heterocycles. The smallest absolute Gasteiger partial charge is 0.338 e. The van der Waals surface area contributed by atoms with Crippen molar-refractivity contribution in [2.75, 3.05) is 25.6 Å². The Balaban J connectivity index is 1.55.